The average Bonchev–Trinajstić information content (AvgIpc) is 2.69. The lowest BCUT2D eigenvalue weighted by Gasteiger charge is -2.07. The normalized spacial score (nSPS) is 10.2. The Balaban J connectivity index is 1.63. The molecule has 1 aromatic heterocycles. The maximum Gasteiger partial charge on any atom is 0.337 e. The Kier molecular flexibility index (Phi) is 5.66. The fraction of sp³-hybridized carbons (Fsp3) is 0.0500. The zero-order valence-electron chi connectivity index (χ0n) is 14.0. The second kappa shape index (κ2) is 8.31. The van der Waals surface area contributed by atoms with Crippen LogP contribution in [-0.2, 0) is 4.74 Å². The van der Waals surface area contributed by atoms with Gasteiger partial charge in [0.1, 0.15) is 5.03 Å². The summed E-state index contributed by atoms with van der Waals surface area (Å²) in [5, 5.41) is 3.70. The minimum Gasteiger partial charge on any atom is -0.465 e. The van der Waals surface area contributed by atoms with Crippen LogP contribution in [0, 0.1) is 0 Å². The highest BCUT2D eigenvalue weighted by Gasteiger charge is 2.08. The molecule has 3 rings (SSSR count). The second-order valence-electron chi connectivity index (χ2n) is 5.32. The van der Waals surface area contributed by atoms with Crippen molar-refractivity contribution >= 4 is 29.3 Å². The lowest BCUT2D eigenvalue weighted by atomic mass is 10.2. The van der Waals surface area contributed by atoms with Gasteiger partial charge in [-0.1, -0.05) is 17.8 Å². The molecule has 6 heteroatoms. The lowest BCUT2D eigenvalue weighted by molar-refractivity contribution is 0.0600. The van der Waals surface area contributed by atoms with Crippen LogP contribution in [0.5, 0.6) is 0 Å². The van der Waals surface area contributed by atoms with E-state index in [9.17, 15) is 9.59 Å². The smallest absolute Gasteiger partial charge is 0.337 e. The fourth-order valence-electron chi connectivity index (χ4n) is 2.21. The van der Waals surface area contributed by atoms with Crippen molar-refractivity contribution in [1.29, 1.82) is 0 Å². The number of esters is 1. The number of nitrogens with zero attached hydrogens (tertiary/aromatic N) is 1. The summed E-state index contributed by atoms with van der Waals surface area (Å²) in [7, 11) is 1.33. The van der Waals surface area contributed by atoms with E-state index in [0.717, 1.165) is 9.92 Å². The molecular weight excluding hydrogens is 348 g/mol. The van der Waals surface area contributed by atoms with Gasteiger partial charge in [0.25, 0.3) is 5.91 Å². The van der Waals surface area contributed by atoms with E-state index in [1.165, 1.54) is 18.9 Å². The predicted octanol–water partition coefficient (Wildman–Crippen LogP) is 4.27. The van der Waals surface area contributed by atoms with Gasteiger partial charge in [-0.05, 0) is 60.7 Å². The molecule has 0 aliphatic carbocycles. The Hall–Kier alpha value is -3.12. The van der Waals surface area contributed by atoms with E-state index in [1.807, 2.05) is 30.3 Å². The topological polar surface area (TPSA) is 68.3 Å². The maximum absolute atomic E-state index is 12.3. The summed E-state index contributed by atoms with van der Waals surface area (Å²) in [6.07, 6.45) is 1.75. The summed E-state index contributed by atoms with van der Waals surface area (Å²) in [5.41, 5.74) is 1.59. The zero-order chi connectivity index (χ0) is 18.4. The molecule has 0 bridgehead atoms. The number of hydrogen-bond acceptors (Lipinski definition) is 5. The largest absolute Gasteiger partial charge is 0.465 e. The Morgan fingerprint density at radius 1 is 0.923 bits per heavy atom. The van der Waals surface area contributed by atoms with E-state index in [2.05, 4.69) is 15.0 Å². The molecule has 0 atom stereocenters. The molecule has 2 aromatic carbocycles. The van der Waals surface area contributed by atoms with Crippen LogP contribution < -0.4 is 5.32 Å². The molecule has 0 saturated carbocycles. The number of benzene rings is 2. The van der Waals surface area contributed by atoms with Gasteiger partial charge in [-0.3, -0.25) is 4.79 Å². The summed E-state index contributed by atoms with van der Waals surface area (Å²) in [6.45, 7) is 0. The van der Waals surface area contributed by atoms with E-state index in [-0.39, 0.29) is 5.91 Å². The molecule has 0 fully saturated rings. The first kappa shape index (κ1) is 17.7. The van der Waals surface area contributed by atoms with Crippen molar-refractivity contribution in [1.82, 2.24) is 4.98 Å². The number of ether oxygens (including phenoxy) is 1. The number of anilines is 1. The van der Waals surface area contributed by atoms with Crippen LogP contribution in [0.4, 0.5) is 5.69 Å². The molecule has 1 heterocycles. The van der Waals surface area contributed by atoms with Crippen molar-refractivity contribution in [3.63, 3.8) is 0 Å². The second-order valence-corrected chi connectivity index (χ2v) is 6.41. The number of nitrogens with one attached hydrogen (secondary N) is 1. The lowest BCUT2D eigenvalue weighted by Crippen LogP contribution is -2.12. The number of methoxy groups -OCH3 is 1. The number of pyridine rings is 1. The van der Waals surface area contributed by atoms with E-state index in [4.69, 9.17) is 0 Å². The van der Waals surface area contributed by atoms with Gasteiger partial charge in [-0.25, -0.2) is 9.78 Å². The van der Waals surface area contributed by atoms with Crippen LogP contribution in [-0.4, -0.2) is 24.0 Å². The van der Waals surface area contributed by atoms with Crippen LogP contribution >= 0.6 is 11.8 Å². The Morgan fingerprint density at radius 2 is 1.62 bits per heavy atom. The van der Waals surface area contributed by atoms with Gasteiger partial charge in [0, 0.05) is 22.3 Å². The Labute approximate surface area is 155 Å². The molecule has 0 spiro atoms. The Bertz CT molecular complexity index is 895. The van der Waals surface area contributed by atoms with Gasteiger partial charge in [0.05, 0.1) is 12.7 Å². The van der Waals surface area contributed by atoms with Crippen molar-refractivity contribution in [2.45, 2.75) is 9.92 Å². The van der Waals surface area contributed by atoms with Gasteiger partial charge in [0.2, 0.25) is 0 Å². The summed E-state index contributed by atoms with van der Waals surface area (Å²) in [5.74, 6) is -0.630. The molecule has 1 N–H and O–H groups in total. The van der Waals surface area contributed by atoms with Crippen molar-refractivity contribution in [3.8, 4) is 0 Å². The Morgan fingerprint density at radius 3 is 2.23 bits per heavy atom. The molecule has 0 aliphatic heterocycles. The molecular formula is C20H16N2O3S. The van der Waals surface area contributed by atoms with Gasteiger partial charge in [-0.15, -0.1) is 0 Å². The first-order valence-electron chi connectivity index (χ1n) is 7.84. The third-order valence-corrected chi connectivity index (χ3v) is 4.50. The summed E-state index contributed by atoms with van der Waals surface area (Å²) >= 11 is 1.53. The number of amides is 1. The monoisotopic (exact) mass is 364 g/mol. The fourth-order valence-corrected chi connectivity index (χ4v) is 2.99. The van der Waals surface area contributed by atoms with Gasteiger partial charge in [0.15, 0.2) is 0 Å². The van der Waals surface area contributed by atoms with Crippen molar-refractivity contribution < 1.29 is 14.3 Å². The third-order valence-electron chi connectivity index (χ3n) is 3.54. The van der Waals surface area contributed by atoms with Crippen LogP contribution in [0.15, 0.2) is 82.8 Å². The maximum atomic E-state index is 12.3. The molecule has 26 heavy (non-hydrogen) atoms. The zero-order valence-corrected chi connectivity index (χ0v) is 14.8. The number of aromatic nitrogens is 1. The highest BCUT2D eigenvalue weighted by atomic mass is 32.2. The van der Waals surface area contributed by atoms with Crippen LogP contribution in [0.2, 0.25) is 0 Å². The van der Waals surface area contributed by atoms with Crippen LogP contribution in [0.3, 0.4) is 0 Å². The molecule has 0 unspecified atom stereocenters. The quantitative estimate of drug-likeness (QED) is 0.685. The minimum atomic E-state index is -0.413. The van der Waals surface area contributed by atoms with Gasteiger partial charge < -0.3 is 10.1 Å². The molecule has 0 saturated heterocycles. The molecule has 5 nitrogen and oxygen atoms in total. The SMILES string of the molecule is COC(=O)c1ccc(NC(=O)c2ccc(Sc3ccccn3)cc2)cc1. The number of hydrogen-bond donors (Lipinski definition) is 1. The summed E-state index contributed by atoms with van der Waals surface area (Å²) in [4.78, 5) is 29.0. The standard InChI is InChI=1S/C20H16N2O3S/c1-25-20(24)15-5-9-16(10-6-15)22-19(23)14-7-11-17(12-8-14)26-18-4-2-3-13-21-18/h2-13H,1H3,(H,22,23). The van der Waals surface area contributed by atoms with Crippen molar-refractivity contribution in [3.05, 3.63) is 84.1 Å². The van der Waals surface area contributed by atoms with Gasteiger partial charge in [-0.2, -0.15) is 0 Å². The molecule has 1 amide bonds. The van der Waals surface area contributed by atoms with Crippen molar-refractivity contribution in [2.75, 3.05) is 12.4 Å². The van der Waals surface area contributed by atoms with E-state index >= 15 is 0 Å². The van der Waals surface area contributed by atoms with Crippen LogP contribution in [0.1, 0.15) is 20.7 Å². The molecule has 0 aliphatic rings. The number of rotatable bonds is 5. The first-order chi connectivity index (χ1) is 12.7. The molecule has 0 radical (unpaired) electrons. The highest BCUT2D eigenvalue weighted by Crippen LogP contribution is 2.25. The molecule has 3 aromatic rings. The number of carbonyl (C=O) groups is 2. The molecule has 130 valence electrons. The predicted molar refractivity (Wildman–Crippen MR) is 101 cm³/mol. The highest BCUT2D eigenvalue weighted by molar-refractivity contribution is 7.99. The average molecular weight is 364 g/mol. The van der Waals surface area contributed by atoms with Crippen molar-refractivity contribution in [2.24, 2.45) is 0 Å². The third kappa shape index (κ3) is 4.49. The first-order valence-corrected chi connectivity index (χ1v) is 8.66. The number of carbonyl (C=O) groups excluding carboxylic acids is 2. The van der Waals surface area contributed by atoms with Crippen LogP contribution in [0.25, 0.3) is 0 Å². The van der Waals surface area contributed by atoms with E-state index < -0.39 is 5.97 Å². The summed E-state index contributed by atoms with van der Waals surface area (Å²) < 4.78 is 4.65. The summed E-state index contributed by atoms with van der Waals surface area (Å²) in [6, 6.07) is 19.6. The van der Waals surface area contributed by atoms with Gasteiger partial charge >= 0.3 is 5.97 Å². The minimum absolute atomic E-state index is 0.217. The van der Waals surface area contributed by atoms with E-state index in [0.29, 0.717) is 16.8 Å². The van der Waals surface area contributed by atoms with E-state index in [1.54, 1.807) is 42.6 Å².